The first-order valence-electron chi connectivity index (χ1n) is 6.23. The number of hydrogen-bond acceptors (Lipinski definition) is 6. The van der Waals surface area contributed by atoms with Crippen LogP contribution in [0.5, 0.6) is 0 Å². The van der Waals surface area contributed by atoms with Gasteiger partial charge in [-0.05, 0) is 12.8 Å². The molecule has 0 aromatic carbocycles. The fraction of sp³-hybridized carbons (Fsp3) is 0.417. The Morgan fingerprint density at radius 3 is 3.20 bits per heavy atom. The molecule has 1 fully saturated rings. The molecule has 0 amide bonds. The Kier molecular flexibility index (Phi) is 2.84. The third kappa shape index (κ3) is 1.81. The first-order chi connectivity index (χ1) is 9.58. The zero-order valence-electron chi connectivity index (χ0n) is 10.7. The molecule has 2 aromatic rings. The summed E-state index contributed by atoms with van der Waals surface area (Å²) >= 11 is 0. The van der Waals surface area contributed by atoms with Gasteiger partial charge >= 0.3 is 0 Å². The molecule has 8 nitrogen and oxygen atoms in total. The van der Waals surface area contributed by atoms with Gasteiger partial charge in [0.05, 0.1) is 12.9 Å². The molecule has 0 unspecified atom stereocenters. The maximum absolute atomic E-state index is 11.7. The number of rotatable bonds is 3. The van der Waals surface area contributed by atoms with Gasteiger partial charge < -0.3 is 15.6 Å². The Bertz CT molecular complexity index is 721. The van der Waals surface area contributed by atoms with Gasteiger partial charge in [-0.25, -0.2) is 4.98 Å². The minimum Gasteiger partial charge on any atom is -0.393 e. The number of H-pyrrole nitrogens is 1. The average molecular weight is 277 g/mol. The predicted octanol–water partition coefficient (Wildman–Crippen LogP) is -0.0721. The van der Waals surface area contributed by atoms with E-state index in [1.807, 2.05) is 0 Å². The number of aliphatic hydroxyl groups excluding tert-OH is 1. The fourth-order valence-corrected chi connectivity index (χ4v) is 2.44. The number of hydrogen-bond donors (Lipinski definition) is 3. The second-order valence-electron chi connectivity index (χ2n) is 4.81. The molecular formula is C12H15N5O3. The summed E-state index contributed by atoms with van der Waals surface area (Å²) < 4.78 is 7.50. The summed E-state index contributed by atoms with van der Waals surface area (Å²) in [5, 5.41) is 9.42. The van der Waals surface area contributed by atoms with Gasteiger partial charge in [0.1, 0.15) is 11.8 Å². The number of nitrogens with zero attached hydrogens (tertiary/aromatic N) is 3. The molecule has 1 aliphatic heterocycles. The van der Waals surface area contributed by atoms with Gasteiger partial charge in [0, 0.05) is 0 Å². The van der Waals surface area contributed by atoms with Crippen LogP contribution in [0.25, 0.3) is 11.2 Å². The molecule has 0 bridgehead atoms. The van der Waals surface area contributed by atoms with Gasteiger partial charge in [-0.2, -0.15) is 4.98 Å². The van der Waals surface area contributed by atoms with E-state index < -0.39 is 5.60 Å². The van der Waals surface area contributed by atoms with Crippen LogP contribution in [-0.2, 0) is 4.74 Å². The van der Waals surface area contributed by atoms with Crippen molar-refractivity contribution >= 4 is 17.1 Å². The molecule has 3 heterocycles. The summed E-state index contributed by atoms with van der Waals surface area (Å²) in [6.45, 7) is 3.55. The van der Waals surface area contributed by atoms with E-state index in [0.29, 0.717) is 18.5 Å². The molecule has 0 saturated carbocycles. The third-order valence-electron chi connectivity index (χ3n) is 3.59. The fourth-order valence-electron chi connectivity index (χ4n) is 2.44. The van der Waals surface area contributed by atoms with Crippen molar-refractivity contribution in [2.75, 3.05) is 12.3 Å². The second kappa shape index (κ2) is 4.43. The predicted molar refractivity (Wildman–Crippen MR) is 71.9 cm³/mol. The third-order valence-corrected chi connectivity index (χ3v) is 3.59. The van der Waals surface area contributed by atoms with Gasteiger partial charge in [0.25, 0.3) is 5.56 Å². The summed E-state index contributed by atoms with van der Waals surface area (Å²) in [6, 6.07) is 0. The molecule has 0 aliphatic carbocycles. The van der Waals surface area contributed by atoms with Crippen molar-refractivity contribution in [1.29, 1.82) is 0 Å². The van der Waals surface area contributed by atoms with Crippen LogP contribution in [-0.4, -0.2) is 36.8 Å². The van der Waals surface area contributed by atoms with E-state index in [0.717, 1.165) is 0 Å². The molecule has 0 radical (unpaired) electrons. The first kappa shape index (κ1) is 12.8. The van der Waals surface area contributed by atoms with Crippen LogP contribution < -0.4 is 11.3 Å². The minimum absolute atomic E-state index is 0.0272. The monoisotopic (exact) mass is 277 g/mol. The molecule has 4 N–H and O–H groups in total. The lowest BCUT2D eigenvalue weighted by Crippen LogP contribution is -2.30. The molecule has 3 rings (SSSR count). The standard InChI is InChI=1S/C12H15N5O3/c1-2-12(5-18)4-3-7(20-12)17-6-14-8-9(17)15-11(13)16-10(8)19/h2,6-7,18H,1,3-5H2,(H3,13,15,16,19)/t7-,12+/m1/s1. The van der Waals surface area contributed by atoms with Gasteiger partial charge in [-0.3, -0.25) is 14.3 Å². The molecule has 1 saturated heterocycles. The number of nitrogens with two attached hydrogens (primary N) is 1. The van der Waals surface area contributed by atoms with E-state index in [4.69, 9.17) is 10.5 Å². The minimum atomic E-state index is -0.756. The van der Waals surface area contributed by atoms with E-state index in [2.05, 4.69) is 21.5 Å². The number of fused-ring (bicyclic) bond motifs is 1. The molecule has 8 heteroatoms. The molecule has 0 spiro atoms. The van der Waals surface area contributed by atoms with E-state index in [1.165, 1.54) is 6.33 Å². The molecule has 1 aliphatic rings. The van der Waals surface area contributed by atoms with E-state index in [1.54, 1.807) is 10.6 Å². The van der Waals surface area contributed by atoms with Crippen LogP contribution in [0.15, 0.2) is 23.8 Å². The Morgan fingerprint density at radius 1 is 1.75 bits per heavy atom. The average Bonchev–Trinajstić information content (AvgIpc) is 3.02. The summed E-state index contributed by atoms with van der Waals surface area (Å²) in [4.78, 5) is 22.2. The van der Waals surface area contributed by atoms with E-state index in [9.17, 15) is 9.90 Å². The number of imidazole rings is 1. The molecule has 2 aromatic heterocycles. The van der Waals surface area contributed by atoms with E-state index >= 15 is 0 Å². The maximum atomic E-state index is 11.7. The zero-order chi connectivity index (χ0) is 14.3. The van der Waals surface area contributed by atoms with Crippen molar-refractivity contribution in [3.63, 3.8) is 0 Å². The van der Waals surface area contributed by atoms with Crippen LogP contribution in [0.3, 0.4) is 0 Å². The zero-order valence-corrected chi connectivity index (χ0v) is 10.7. The number of nitrogen functional groups attached to an aromatic ring is 1. The highest BCUT2D eigenvalue weighted by atomic mass is 16.5. The van der Waals surface area contributed by atoms with Crippen molar-refractivity contribution in [3.05, 3.63) is 29.3 Å². The normalized spacial score (nSPS) is 26.1. The van der Waals surface area contributed by atoms with Crippen molar-refractivity contribution in [3.8, 4) is 0 Å². The Labute approximate surface area is 113 Å². The lowest BCUT2D eigenvalue weighted by Gasteiger charge is -2.23. The molecule has 20 heavy (non-hydrogen) atoms. The number of aromatic amines is 1. The maximum Gasteiger partial charge on any atom is 0.280 e. The van der Waals surface area contributed by atoms with Crippen molar-refractivity contribution < 1.29 is 9.84 Å². The largest absolute Gasteiger partial charge is 0.393 e. The SMILES string of the molecule is C=C[C@@]1(CO)CC[C@H](n2cnc3c(=O)[nH]c(N)nc32)O1. The topological polar surface area (TPSA) is 119 Å². The van der Waals surface area contributed by atoms with Crippen molar-refractivity contribution in [2.24, 2.45) is 0 Å². The lowest BCUT2D eigenvalue weighted by molar-refractivity contribution is -0.0674. The number of nitrogens with one attached hydrogen (secondary N) is 1. The van der Waals surface area contributed by atoms with Crippen LogP contribution in [0.4, 0.5) is 5.95 Å². The van der Waals surface area contributed by atoms with Crippen LogP contribution in [0.2, 0.25) is 0 Å². The summed E-state index contributed by atoms with van der Waals surface area (Å²) in [7, 11) is 0. The second-order valence-corrected chi connectivity index (χ2v) is 4.81. The Morgan fingerprint density at radius 2 is 2.55 bits per heavy atom. The highest BCUT2D eigenvalue weighted by Crippen LogP contribution is 2.37. The molecule has 2 atom stereocenters. The van der Waals surface area contributed by atoms with E-state index in [-0.39, 0.29) is 29.9 Å². The van der Waals surface area contributed by atoms with Gasteiger partial charge in [-0.15, -0.1) is 6.58 Å². The van der Waals surface area contributed by atoms with Crippen LogP contribution in [0, 0.1) is 0 Å². The number of anilines is 1. The Balaban J connectivity index is 2.04. The summed E-state index contributed by atoms with van der Waals surface area (Å²) in [5.74, 6) is 0.0272. The highest BCUT2D eigenvalue weighted by Gasteiger charge is 2.38. The van der Waals surface area contributed by atoms with Crippen LogP contribution >= 0.6 is 0 Å². The molecular weight excluding hydrogens is 262 g/mol. The van der Waals surface area contributed by atoms with Gasteiger partial charge in [0.2, 0.25) is 5.95 Å². The molecule has 106 valence electrons. The highest BCUT2D eigenvalue weighted by molar-refractivity contribution is 5.70. The number of ether oxygens (including phenoxy) is 1. The quantitative estimate of drug-likeness (QED) is 0.675. The number of aliphatic hydroxyl groups is 1. The van der Waals surface area contributed by atoms with Crippen LogP contribution in [0.1, 0.15) is 19.1 Å². The lowest BCUT2D eigenvalue weighted by atomic mass is 10.0. The first-order valence-corrected chi connectivity index (χ1v) is 6.23. The van der Waals surface area contributed by atoms with Gasteiger partial charge in [0.15, 0.2) is 11.2 Å². The summed E-state index contributed by atoms with van der Waals surface area (Å²) in [5.41, 5.74) is 4.99. The van der Waals surface area contributed by atoms with Crippen molar-refractivity contribution in [1.82, 2.24) is 19.5 Å². The number of aromatic nitrogens is 4. The van der Waals surface area contributed by atoms with Gasteiger partial charge in [-0.1, -0.05) is 6.08 Å². The smallest absolute Gasteiger partial charge is 0.280 e. The van der Waals surface area contributed by atoms with Crippen molar-refractivity contribution in [2.45, 2.75) is 24.7 Å². The Hall–Kier alpha value is -2.19. The summed E-state index contributed by atoms with van der Waals surface area (Å²) in [6.07, 6.45) is 4.02.